The smallest absolute Gasteiger partial charge is 0.262 e. The first-order valence-corrected chi connectivity index (χ1v) is 10.7. The van der Waals surface area contributed by atoms with Crippen molar-refractivity contribution in [3.63, 3.8) is 0 Å². The van der Waals surface area contributed by atoms with E-state index in [1.165, 1.54) is 6.21 Å². The van der Waals surface area contributed by atoms with Gasteiger partial charge in [-0.15, -0.1) is 0 Å². The molecule has 1 atom stereocenters. The van der Waals surface area contributed by atoms with Crippen LogP contribution in [0.15, 0.2) is 52.0 Å². The van der Waals surface area contributed by atoms with Gasteiger partial charge in [0.25, 0.3) is 11.8 Å². The maximum atomic E-state index is 12.6. The van der Waals surface area contributed by atoms with Crippen molar-refractivity contribution in [1.29, 1.82) is 0 Å². The third kappa shape index (κ3) is 7.15. The predicted octanol–water partition coefficient (Wildman–Crippen LogP) is 4.79. The normalized spacial score (nSPS) is 12.3. The largest absolute Gasteiger partial charge is 0.490 e. The quantitative estimate of drug-likeness (QED) is 0.409. The fourth-order valence-electron chi connectivity index (χ4n) is 2.58. The Bertz CT molecular complexity index is 914. The average Bonchev–Trinajstić information content (AvgIpc) is 2.67. The summed E-state index contributed by atoms with van der Waals surface area (Å²) in [6.45, 7) is 7.56. The number of hydrazone groups is 1. The number of benzene rings is 2. The molecule has 2 amide bonds. The molecule has 8 heteroatoms. The lowest BCUT2D eigenvalue weighted by atomic mass is 10.0. The zero-order valence-electron chi connectivity index (χ0n) is 17.3. The molecule has 0 aliphatic rings. The van der Waals surface area contributed by atoms with Crippen molar-refractivity contribution in [3.8, 4) is 5.75 Å². The number of halogens is 2. The zero-order chi connectivity index (χ0) is 22.3. The second kappa shape index (κ2) is 11.1. The molecular weight excluding hydrogens is 470 g/mol. The van der Waals surface area contributed by atoms with E-state index in [1.807, 2.05) is 45.9 Å². The Morgan fingerprint density at radius 3 is 2.37 bits per heavy atom. The Labute approximate surface area is 190 Å². The van der Waals surface area contributed by atoms with Crippen LogP contribution in [0.3, 0.4) is 0 Å². The maximum Gasteiger partial charge on any atom is 0.262 e. The Kier molecular flexibility index (Phi) is 8.87. The van der Waals surface area contributed by atoms with Crippen molar-refractivity contribution in [2.75, 3.05) is 0 Å². The molecule has 1 unspecified atom stereocenters. The fraction of sp³-hybridized carbons (Fsp3) is 0.318. The maximum absolute atomic E-state index is 12.6. The standard InChI is InChI=1S/C22H25BrClN3O3/c1-13(2)20(26-21(28)15-5-8-18(24)9-6-15)22(29)27-25-12-16-11-17(23)7-10-19(16)30-14(3)4/h5-14,20H,1-4H3,(H,26,28)(H,27,29)/b25-12-. The molecule has 2 rings (SSSR count). The molecular formula is C22H25BrClN3O3. The van der Waals surface area contributed by atoms with E-state index in [4.69, 9.17) is 16.3 Å². The van der Waals surface area contributed by atoms with Crippen LogP contribution in [-0.4, -0.2) is 30.2 Å². The summed E-state index contributed by atoms with van der Waals surface area (Å²) < 4.78 is 6.63. The molecule has 0 spiro atoms. The van der Waals surface area contributed by atoms with E-state index in [1.54, 1.807) is 24.3 Å². The highest BCUT2D eigenvalue weighted by atomic mass is 79.9. The fourth-order valence-corrected chi connectivity index (χ4v) is 3.08. The van der Waals surface area contributed by atoms with Gasteiger partial charge in [-0.1, -0.05) is 41.4 Å². The van der Waals surface area contributed by atoms with Gasteiger partial charge in [0.15, 0.2) is 0 Å². The van der Waals surface area contributed by atoms with Crippen LogP contribution in [0.25, 0.3) is 0 Å². The molecule has 2 N–H and O–H groups in total. The molecule has 0 aromatic heterocycles. The number of rotatable bonds is 8. The summed E-state index contributed by atoms with van der Waals surface area (Å²) >= 11 is 9.27. The number of nitrogens with one attached hydrogen (secondary N) is 2. The van der Waals surface area contributed by atoms with Crippen molar-refractivity contribution >= 4 is 45.6 Å². The van der Waals surface area contributed by atoms with Crippen molar-refractivity contribution < 1.29 is 14.3 Å². The van der Waals surface area contributed by atoms with Crippen LogP contribution in [-0.2, 0) is 4.79 Å². The number of amides is 2. The van der Waals surface area contributed by atoms with Gasteiger partial charge < -0.3 is 10.1 Å². The summed E-state index contributed by atoms with van der Waals surface area (Å²) in [7, 11) is 0. The van der Waals surface area contributed by atoms with Crippen LogP contribution in [0.4, 0.5) is 0 Å². The second-order valence-electron chi connectivity index (χ2n) is 7.29. The molecule has 0 aliphatic carbocycles. The van der Waals surface area contributed by atoms with E-state index in [0.717, 1.165) is 4.47 Å². The molecule has 0 fully saturated rings. The highest BCUT2D eigenvalue weighted by molar-refractivity contribution is 9.10. The number of nitrogens with zero attached hydrogens (tertiary/aromatic N) is 1. The van der Waals surface area contributed by atoms with Gasteiger partial charge >= 0.3 is 0 Å². The Morgan fingerprint density at radius 2 is 1.77 bits per heavy atom. The molecule has 30 heavy (non-hydrogen) atoms. The predicted molar refractivity (Wildman–Crippen MR) is 123 cm³/mol. The average molecular weight is 495 g/mol. The van der Waals surface area contributed by atoms with Crippen LogP contribution >= 0.6 is 27.5 Å². The van der Waals surface area contributed by atoms with Gasteiger partial charge in [-0.2, -0.15) is 5.10 Å². The van der Waals surface area contributed by atoms with Gasteiger partial charge in [0, 0.05) is 20.6 Å². The molecule has 0 aliphatic heterocycles. The number of hydrogen-bond acceptors (Lipinski definition) is 4. The number of hydrogen-bond donors (Lipinski definition) is 2. The lowest BCUT2D eigenvalue weighted by Crippen LogP contribution is -2.48. The van der Waals surface area contributed by atoms with Crippen LogP contribution < -0.4 is 15.5 Å². The third-order valence-electron chi connectivity index (χ3n) is 4.06. The van der Waals surface area contributed by atoms with Gasteiger partial charge in [-0.25, -0.2) is 5.43 Å². The summed E-state index contributed by atoms with van der Waals surface area (Å²) in [5.74, 6) is -0.251. The number of carbonyl (C=O) groups is 2. The van der Waals surface area contributed by atoms with Crippen molar-refractivity contribution in [2.24, 2.45) is 11.0 Å². The lowest BCUT2D eigenvalue weighted by Gasteiger charge is -2.20. The summed E-state index contributed by atoms with van der Waals surface area (Å²) in [6, 6.07) is 11.3. The minimum absolute atomic E-state index is 0.00122. The van der Waals surface area contributed by atoms with E-state index in [0.29, 0.717) is 21.9 Å². The second-order valence-corrected chi connectivity index (χ2v) is 8.64. The van der Waals surface area contributed by atoms with Crippen molar-refractivity contribution in [2.45, 2.75) is 39.8 Å². The third-order valence-corrected chi connectivity index (χ3v) is 4.80. The van der Waals surface area contributed by atoms with Crippen LogP contribution in [0, 0.1) is 5.92 Å². The molecule has 2 aromatic rings. The van der Waals surface area contributed by atoms with Gasteiger partial charge in [0.2, 0.25) is 0 Å². The minimum Gasteiger partial charge on any atom is -0.490 e. The zero-order valence-corrected chi connectivity index (χ0v) is 19.6. The lowest BCUT2D eigenvalue weighted by molar-refractivity contribution is -0.123. The molecule has 2 aromatic carbocycles. The molecule has 0 saturated heterocycles. The SMILES string of the molecule is CC(C)Oc1ccc(Br)cc1/C=N\NC(=O)C(NC(=O)c1ccc(Cl)cc1)C(C)C. The molecule has 6 nitrogen and oxygen atoms in total. The molecule has 160 valence electrons. The van der Waals surface area contributed by atoms with Crippen molar-refractivity contribution in [1.82, 2.24) is 10.7 Å². The summed E-state index contributed by atoms with van der Waals surface area (Å²) in [5, 5.41) is 7.33. The van der Waals surface area contributed by atoms with Crippen LogP contribution in [0.2, 0.25) is 5.02 Å². The first-order valence-electron chi connectivity index (χ1n) is 9.53. The molecule has 0 saturated carbocycles. The van der Waals surface area contributed by atoms with E-state index >= 15 is 0 Å². The van der Waals surface area contributed by atoms with Gasteiger partial charge in [-0.05, 0) is 62.2 Å². The molecule has 0 heterocycles. The van der Waals surface area contributed by atoms with Crippen LogP contribution in [0.1, 0.15) is 43.6 Å². The van der Waals surface area contributed by atoms with E-state index in [9.17, 15) is 9.59 Å². The van der Waals surface area contributed by atoms with E-state index < -0.39 is 11.9 Å². The van der Waals surface area contributed by atoms with E-state index in [-0.39, 0.29) is 17.9 Å². The first kappa shape index (κ1) is 23.9. The molecule has 0 bridgehead atoms. The summed E-state index contributed by atoms with van der Waals surface area (Å²) in [4.78, 5) is 25.1. The summed E-state index contributed by atoms with van der Waals surface area (Å²) in [6.07, 6.45) is 1.51. The highest BCUT2D eigenvalue weighted by Crippen LogP contribution is 2.22. The van der Waals surface area contributed by atoms with Crippen molar-refractivity contribution in [3.05, 3.63) is 63.1 Å². The Morgan fingerprint density at radius 1 is 1.10 bits per heavy atom. The summed E-state index contributed by atoms with van der Waals surface area (Å²) in [5.41, 5.74) is 3.64. The highest BCUT2D eigenvalue weighted by Gasteiger charge is 2.24. The number of ether oxygens (including phenoxy) is 1. The minimum atomic E-state index is -0.751. The van der Waals surface area contributed by atoms with Gasteiger partial charge in [0.1, 0.15) is 11.8 Å². The first-order chi connectivity index (χ1) is 14.2. The van der Waals surface area contributed by atoms with E-state index in [2.05, 4.69) is 31.8 Å². The number of carbonyl (C=O) groups excluding carboxylic acids is 2. The van der Waals surface area contributed by atoms with Crippen LogP contribution in [0.5, 0.6) is 5.75 Å². The monoisotopic (exact) mass is 493 g/mol. The topological polar surface area (TPSA) is 79.8 Å². The Hall–Kier alpha value is -2.38. The molecule has 0 radical (unpaired) electrons. The van der Waals surface area contributed by atoms with Gasteiger partial charge in [0.05, 0.1) is 12.3 Å². The van der Waals surface area contributed by atoms with Gasteiger partial charge in [-0.3, -0.25) is 9.59 Å². The Balaban J connectivity index is 2.07.